The number of hydrogen-bond acceptors (Lipinski definition) is 3. The zero-order chi connectivity index (χ0) is 15.5. The van der Waals surface area contributed by atoms with Crippen LogP contribution in [0, 0.1) is 5.92 Å². The molecule has 116 valence electrons. The van der Waals surface area contributed by atoms with E-state index in [2.05, 4.69) is 5.32 Å². The maximum absolute atomic E-state index is 12.9. The van der Waals surface area contributed by atoms with Crippen LogP contribution < -0.4 is 16.6 Å². The van der Waals surface area contributed by atoms with Crippen LogP contribution in [-0.4, -0.2) is 12.5 Å². The molecule has 2 rings (SSSR count). The average molecular weight is 301 g/mol. The molecule has 0 spiro atoms. The van der Waals surface area contributed by atoms with Gasteiger partial charge in [-0.2, -0.15) is 13.2 Å². The van der Waals surface area contributed by atoms with Crippen molar-refractivity contribution in [1.29, 1.82) is 0 Å². The lowest BCUT2D eigenvalue weighted by Crippen LogP contribution is -2.28. The molecule has 0 aromatic heterocycles. The van der Waals surface area contributed by atoms with Gasteiger partial charge in [-0.3, -0.25) is 10.6 Å². The smallest absolute Gasteiger partial charge is 0.352 e. The number of hydrazine groups is 1. The van der Waals surface area contributed by atoms with Gasteiger partial charge >= 0.3 is 6.18 Å². The maximum Gasteiger partial charge on any atom is 0.418 e. The number of amides is 1. The SMILES string of the molecule is NNc1ccc(C(=O)NCC2CCCC2)cc1C(F)(F)F. The van der Waals surface area contributed by atoms with Crippen LogP contribution in [0.5, 0.6) is 0 Å². The number of nitrogens with two attached hydrogens (primary N) is 1. The molecule has 0 saturated heterocycles. The number of nitrogen functional groups attached to an aromatic ring is 1. The Kier molecular flexibility index (Phi) is 4.72. The van der Waals surface area contributed by atoms with Crippen molar-refractivity contribution in [1.82, 2.24) is 5.32 Å². The number of benzene rings is 1. The van der Waals surface area contributed by atoms with Crippen LogP contribution in [0.1, 0.15) is 41.6 Å². The number of hydrogen-bond donors (Lipinski definition) is 3. The van der Waals surface area contributed by atoms with Gasteiger partial charge in [-0.1, -0.05) is 12.8 Å². The maximum atomic E-state index is 12.9. The minimum absolute atomic E-state index is 0.0145. The molecule has 1 amide bonds. The third kappa shape index (κ3) is 3.87. The molecule has 21 heavy (non-hydrogen) atoms. The molecule has 1 aliphatic rings. The summed E-state index contributed by atoms with van der Waals surface area (Å²) in [5.41, 5.74) is 0.778. The quantitative estimate of drug-likeness (QED) is 0.592. The second kappa shape index (κ2) is 6.34. The third-order valence-corrected chi connectivity index (χ3v) is 3.77. The van der Waals surface area contributed by atoms with Crippen LogP contribution in [0.25, 0.3) is 0 Å². The monoisotopic (exact) mass is 301 g/mol. The van der Waals surface area contributed by atoms with Gasteiger partial charge in [0.15, 0.2) is 0 Å². The highest BCUT2D eigenvalue weighted by Crippen LogP contribution is 2.35. The number of carbonyl (C=O) groups excluding carboxylic acids is 1. The molecule has 0 unspecified atom stereocenters. The van der Waals surface area contributed by atoms with Crippen LogP contribution in [0.3, 0.4) is 0 Å². The standard InChI is InChI=1S/C14H18F3N3O/c15-14(16,17)11-7-10(5-6-12(11)20-18)13(21)19-8-9-3-1-2-4-9/h5-7,9,20H,1-4,8,18H2,(H,19,21). The van der Waals surface area contributed by atoms with E-state index in [4.69, 9.17) is 5.84 Å². The summed E-state index contributed by atoms with van der Waals surface area (Å²) < 4.78 is 38.6. The van der Waals surface area contributed by atoms with E-state index in [1.165, 1.54) is 6.07 Å². The summed E-state index contributed by atoms with van der Waals surface area (Å²) in [5.74, 6) is 5.01. The van der Waals surface area contributed by atoms with Crippen molar-refractivity contribution in [2.75, 3.05) is 12.0 Å². The highest BCUT2D eigenvalue weighted by atomic mass is 19.4. The Morgan fingerprint density at radius 2 is 1.95 bits per heavy atom. The van der Waals surface area contributed by atoms with Gasteiger partial charge in [0, 0.05) is 12.1 Å². The van der Waals surface area contributed by atoms with E-state index in [0.29, 0.717) is 12.5 Å². The van der Waals surface area contributed by atoms with Crippen molar-refractivity contribution in [2.45, 2.75) is 31.9 Å². The first-order valence-corrected chi connectivity index (χ1v) is 6.88. The van der Waals surface area contributed by atoms with Gasteiger partial charge in [0.05, 0.1) is 11.3 Å². The molecule has 1 saturated carbocycles. The fourth-order valence-electron chi connectivity index (χ4n) is 2.60. The predicted molar refractivity (Wildman–Crippen MR) is 73.5 cm³/mol. The van der Waals surface area contributed by atoms with Crippen LogP contribution >= 0.6 is 0 Å². The molecule has 0 aliphatic heterocycles. The number of halogens is 3. The molecule has 0 heterocycles. The van der Waals surface area contributed by atoms with Gasteiger partial charge in [0.2, 0.25) is 0 Å². The summed E-state index contributed by atoms with van der Waals surface area (Å²) in [6.07, 6.45) is -0.150. The van der Waals surface area contributed by atoms with Gasteiger partial charge in [0.25, 0.3) is 5.91 Å². The van der Waals surface area contributed by atoms with E-state index in [0.717, 1.165) is 37.8 Å². The fraction of sp³-hybridized carbons (Fsp3) is 0.500. The summed E-state index contributed by atoms with van der Waals surface area (Å²) in [4.78, 5) is 12.0. The van der Waals surface area contributed by atoms with Gasteiger partial charge in [0.1, 0.15) is 0 Å². The second-order valence-electron chi connectivity index (χ2n) is 5.26. The predicted octanol–water partition coefficient (Wildman–Crippen LogP) is 2.91. The Labute approximate surface area is 120 Å². The van der Waals surface area contributed by atoms with E-state index < -0.39 is 17.6 Å². The van der Waals surface area contributed by atoms with Crippen molar-refractivity contribution in [3.63, 3.8) is 0 Å². The molecule has 1 aromatic carbocycles. The van der Waals surface area contributed by atoms with Gasteiger partial charge in [-0.05, 0) is 37.0 Å². The Hall–Kier alpha value is -1.76. The number of rotatable bonds is 4. The van der Waals surface area contributed by atoms with Crippen molar-refractivity contribution in [3.8, 4) is 0 Å². The molecular formula is C14H18F3N3O. The van der Waals surface area contributed by atoms with E-state index >= 15 is 0 Å². The van der Waals surface area contributed by atoms with Crippen LogP contribution in [0.2, 0.25) is 0 Å². The molecule has 4 nitrogen and oxygen atoms in total. The van der Waals surface area contributed by atoms with Crippen LogP contribution in [0.15, 0.2) is 18.2 Å². The third-order valence-electron chi connectivity index (χ3n) is 3.77. The fourth-order valence-corrected chi connectivity index (χ4v) is 2.60. The van der Waals surface area contributed by atoms with Gasteiger partial charge < -0.3 is 10.7 Å². The van der Waals surface area contributed by atoms with Crippen molar-refractivity contribution in [2.24, 2.45) is 11.8 Å². The first-order chi connectivity index (χ1) is 9.91. The molecule has 0 bridgehead atoms. The summed E-state index contributed by atoms with van der Waals surface area (Å²) in [7, 11) is 0. The summed E-state index contributed by atoms with van der Waals surface area (Å²) >= 11 is 0. The molecule has 1 aliphatic carbocycles. The van der Waals surface area contributed by atoms with E-state index in [9.17, 15) is 18.0 Å². The molecular weight excluding hydrogens is 283 g/mol. The molecule has 1 aromatic rings. The zero-order valence-electron chi connectivity index (χ0n) is 11.5. The topological polar surface area (TPSA) is 67.1 Å². The van der Waals surface area contributed by atoms with Crippen molar-refractivity contribution >= 4 is 11.6 Å². The Balaban J connectivity index is 2.10. The Morgan fingerprint density at radius 3 is 2.52 bits per heavy atom. The number of anilines is 1. The van der Waals surface area contributed by atoms with Crippen LogP contribution in [-0.2, 0) is 6.18 Å². The van der Waals surface area contributed by atoms with Gasteiger partial charge in [-0.25, -0.2) is 0 Å². The molecule has 4 N–H and O–H groups in total. The first kappa shape index (κ1) is 15.6. The Bertz CT molecular complexity index is 511. The minimum Gasteiger partial charge on any atom is -0.352 e. The lowest BCUT2D eigenvalue weighted by atomic mass is 10.1. The molecule has 0 radical (unpaired) electrons. The number of nitrogens with one attached hydrogen (secondary N) is 2. The number of alkyl halides is 3. The van der Waals surface area contributed by atoms with Crippen molar-refractivity contribution < 1.29 is 18.0 Å². The van der Waals surface area contributed by atoms with Gasteiger partial charge in [-0.15, -0.1) is 0 Å². The molecule has 7 heteroatoms. The highest BCUT2D eigenvalue weighted by molar-refractivity contribution is 5.95. The molecule has 1 fully saturated rings. The summed E-state index contributed by atoms with van der Waals surface area (Å²) in [6.45, 7) is 0.511. The lowest BCUT2D eigenvalue weighted by molar-refractivity contribution is -0.137. The van der Waals surface area contributed by atoms with Crippen LogP contribution in [0.4, 0.5) is 18.9 Å². The lowest BCUT2D eigenvalue weighted by Gasteiger charge is -2.15. The average Bonchev–Trinajstić information content (AvgIpc) is 2.96. The van der Waals surface area contributed by atoms with E-state index in [1.807, 2.05) is 5.43 Å². The Morgan fingerprint density at radius 1 is 1.29 bits per heavy atom. The highest BCUT2D eigenvalue weighted by Gasteiger charge is 2.34. The van der Waals surface area contributed by atoms with E-state index in [1.54, 1.807) is 0 Å². The largest absolute Gasteiger partial charge is 0.418 e. The first-order valence-electron chi connectivity index (χ1n) is 6.88. The van der Waals surface area contributed by atoms with E-state index in [-0.39, 0.29) is 11.3 Å². The van der Waals surface area contributed by atoms with Crippen molar-refractivity contribution in [3.05, 3.63) is 29.3 Å². The molecule has 0 atom stereocenters. The normalized spacial score (nSPS) is 16.0. The minimum atomic E-state index is -4.57. The second-order valence-corrected chi connectivity index (χ2v) is 5.26. The summed E-state index contributed by atoms with van der Waals surface area (Å²) in [5, 5.41) is 2.70. The summed E-state index contributed by atoms with van der Waals surface area (Å²) in [6, 6.07) is 3.31. The zero-order valence-corrected chi connectivity index (χ0v) is 11.5. The number of carbonyl (C=O) groups is 1.